The van der Waals surface area contributed by atoms with Crippen molar-refractivity contribution in [2.45, 2.75) is 226 Å². The average Bonchev–Trinajstić information content (AvgIpc) is 3.86. The van der Waals surface area contributed by atoms with E-state index in [-0.39, 0.29) is 50.0 Å². The lowest BCUT2D eigenvalue weighted by Crippen LogP contribution is -2.58. The molecule has 2 nitrogen and oxygen atoms in total. The molecule has 0 saturated heterocycles. The van der Waals surface area contributed by atoms with Gasteiger partial charge >= 0.3 is 0 Å². The van der Waals surface area contributed by atoms with E-state index >= 15 is 0 Å². The first-order chi connectivity index (χ1) is 32.0. The Kier molecular flexibility index (Phi) is 10.1. The van der Waals surface area contributed by atoms with Crippen molar-refractivity contribution in [2.24, 2.45) is 0 Å². The molecule has 0 fully saturated rings. The van der Waals surface area contributed by atoms with Crippen molar-refractivity contribution < 1.29 is 4.42 Å². The molecule has 5 aliphatic rings. The van der Waals surface area contributed by atoms with Crippen molar-refractivity contribution in [3.8, 4) is 0 Å². The second-order valence-corrected chi connectivity index (χ2v) is 29.5. The lowest BCUT2D eigenvalue weighted by Gasteiger charge is -2.43. The van der Waals surface area contributed by atoms with E-state index in [0.717, 1.165) is 24.8 Å². The smallest absolute Gasteiger partial charge is 0.264 e. The summed E-state index contributed by atoms with van der Waals surface area (Å²) in [5, 5.41) is 1.32. The van der Waals surface area contributed by atoms with Gasteiger partial charge in [-0.15, -0.1) is 0 Å². The van der Waals surface area contributed by atoms with Gasteiger partial charge in [-0.25, -0.2) is 0 Å². The first-order valence-electron chi connectivity index (χ1n) is 26.9. The van der Waals surface area contributed by atoms with E-state index in [9.17, 15) is 0 Å². The SMILES string of the molecule is Cc1cc(C)c2c(c1)N(c1ccc3c(c1)C(C)(C)CCC3(C)C)c1ccc3c4c(oc3c1B2c1sc2c(c1Cc1ccc3c(c1)C(C)(C)CCC3(C)C)C(C)(C)CCC2(C)C)C(C)(C)CCC4(C)C. The van der Waals surface area contributed by atoms with Crippen LogP contribution in [0.25, 0.3) is 11.0 Å². The topological polar surface area (TPSA) is 16.4 Å². The van der Waals surface area contributed by atoms with E-state index in [2.05, 4.69) is 202 Å². The summed E-state index contributed by atoms with van der Waals surface area (Å²) in [4.78, 5) is 4.27. The molecule has 6 aromatic rings. The van der Waals surface area contributed by atoms with Crippen LogP contribution in [0.3, 0.4) is 0 Å². The van der Waals surface area contributed by atoms with E-state index in [1.807, 2.05) is 0 Å². The molecule has 4 aromatic carbocycles. The van der Waals surface area contributed by atoms with Crippen LogP contribution < -0.4 is 20.6 Å². The summed E-state index contributed by atoms with van der Waals surface area (Å²) in [5.41, 5.74) is 23.2. The Morgan fingerprint density at radius 2 is 1.04 bits per heavy atom. The summed E-state index contributed by atoms with van der Waals surface area (Å²) >= 11 is 2.16. The molecule has 2 aromatic heterocycles. The summed E-state index contributed by atoms with van der Waals surface area (Å²) in [5.74, 6) is 1.20. The van der Waals surface area contributed by atoms with Gasteiger partial charge in [-0.1, -0.05) is 147 Å². The fourth-order valence-electron chi connectivity index (χ4n) is 14.6. The quantitative estimate of drug-likeness (QED) is 0.164. The molecule has 0 radical (unpaired) electrons. The molecule has 0 unspecified atom stereocenters. The maximum absolute atomic E-state index is 7.73. The zero-order valence-corrected chi connectivity index (χ0v) is 46.8. The molecular weight excluding hydrogens is 854 g/mol. The van der Waals surface area contributed by atoms with Gasteiger partial charge in [0.2, 0.25) is 0 Å². The minimum Gasteiger partial charge on any atom is -0.461 e. The predicted molar refractivity (Wildman–Crippen MR) is 300 cm³/mol. The number of aryl methyl sites for hydroxylation is 2. The maximum atomic E-state index is 7.73. The van der Waals surface area contributed by atoms with E-state index in [1.165, 1.54) is 116 Å². The van der Waals surface area contributed by atoms with E-state index in [0.29, 0.717) is 0 Å². The highest BCUT2D eigenvalue weighted by Gasteiger charge is 2.50. The van der Waals surface area contributed by atoms with Crippen LogP contribution in [0.4, 0.5) is 17.1 Å². The van der Waals surface area contributed by atoms with Gasteiger partial charge in [-0.05, 0) is 200 Å². The van der Waals surface area contributed by atoms with Gasteiger partial charge in [0.1, 0.15) is 11.3 Å². The number of anilines is 3. The molecule has 0 amide bonds. The van der Waals surface area contributed by atoms with Gasteiger partial charge in [0.05, 0.1) is 0 Å². The predicted octanol–water partition coefficient (Wildman–Crippen LogP) is 16.4. The molecule has 0 bridgehead atoms. The van der Waals surface area contributed by atoms with Crippen molar-refractivity contribution >= 4 is 61.8 Å². The van der Waals surface area contributed by atoms with Crippen molar-refractivity contribution in [1.29, 1.82) is 0 Å². The third-order valence-corrected chi connectivity index (χ3v) is 21.1. The molecule has 11 rings (SSSR count). The van der Waals surface area contributed by atoms with E-state index in [4.69, 9.17) is 4.42 Å². The third-order valence-electron chi connectivity index (χ3n) is 19.5. The highest BCUT2D eigenvalue weighted by atomic mass is 32.1. The average molecular weight is 936 g/mol. The van der Waals surface area contributed by atoms with Gasteiger partial charge in [0.25, 0.3) is 6.71 Å². The number of nitrogens with zero attached hydrogens (tertiary/aromatic N) is 1. The Hall–Kier alpha value is -4.02. The Balaban J connectivity index is 1.25. The van der Waals surface area contributed by atoms with Crippen molar-refractivity contribution in [1.82, 2.24) is 0 Å². The maximum Gasteiger partial charge on any atom is 0.264 e. The Bertz CT molecular complexity index is 3140. The monoisotopic (exact) mass is 936 g/mol. The lowest BCUT2D eigenvalue weighted by atomic mass is 9.36. The van der Waals surface area contributed by atoms with Crippen LogP contribution in [0, 0.1) is 13.8 Å². The summed E-state index contributed by atoms with van der Waals surface area (Å²) in [6.45, 7) is 44.4. The lowest BCUT2D eigenvalue weighted by molar-refractivity contribution is 0.284. The summed E-state index contributed by atoms with van der Waals surface area (Å²) < 4.78 is 9.26. The van der Waals surface area contributed by atoms with Crippen molar-refractivity contribution in [3.05, 3.63) is 127 Å². The second kappa shape index (κ2) is 14.8. The van der Waals surface area contributed by atoms with Gasteiger partial charge in [-0.2, -0.15) is 11.3 Å². The number of benzene rings is 4. The largest absolute Gasteiger partial charge is 0.461 e. The Labute approximate surface area is 421 Å². The molecule has 0 spiro atoms. The third kappa shape index (κ3) is 7.03. The number of furan rings is 1. The standard InChI is InChI=1S/C65H82BNOS/c1-38-33-39(2)52-49(34-38)67(41-20-23-45-47(37-41)61(9,10)28-26-59(45,5)6)48-24-21-42-50-55(64(15,16)31-29-62(50,11)12)68-54(42)53(48)66(52)57-43(51-56(69-57)65(17,18)32-30-63(51,13)14)35-40-19-22-44-46(36-40)60(7,8)27-25-58(44,3)4/h19-24,33-34,36-37H,25-32,35H2,1-18H3. The van der Waals surface area contributed by atoms with Crippen LogP contribution in [0.5, 0.6) is 0 Å². The van der Waals surface area contributed by atoms with Crippen molar-refractivity contribution in [2.75, 3.05) is 4.90 Å². The highest BCUT2D eigenvalue weighted by Crippen LogP contribution is 2.55. The van der Waals surface area contributed by atoms with E-state index < -0.39 is 0 Å². The number of thiophene rings is 1. The van der Waals surface area contributed by atoms with E-state index in [1.54, 1.807) is 27.1 Å². The first-order valence-corrected chi connectivity index (χ1v) is 27.7. The minimum atomic E-state index is -0.0571. The molecule has 0 saturated carbocycles. The molecule has 362 valence electrons. The minimum absolute atomic E-state index is 0.00598. The fourth-order valence-corrected chi connectivity index (χ4v) is 16.4. The number of hydrogen-bond acceptors (Lipinski definition) is 3. The molecular formula is C65H82BNOS. The van der Waals surface area contributed by atoms with Gasteiger partial charge < -0.3 is 9.32 Å². The van der Waals surface area contributed by atoms with Gasteiger partial charge in [0, 0.05) is 38.3 Å². The molecule has 1 aliphatic heterocycles. The summed E-state index contributed by atoms with van der Waals surface area (Å²) in [6.07, 6.45) is 10.4. The van der Waals surface area contributed by atoms with Crippen LogP contribution in [0.2, 0.25) is 0 Å². The van der Waals surface area contributed by atoms with Crippen molar-refractivity contribution in [3.63, 3.8) is 0 Å². The Morgan fingerprint density at radius 3 is 1.68 bits per heavy atom. The van der Waals surface area contributed by atoms with Gasteiger partial charge in [0.15, 0.2) is 0 Å². The first kappa shape index (κ1) is 47.3. The summed E-state index contributed by atoms with van der Waals surface area (Å²) in [6, 6.07) is 25.2. The van der Waals surface area contributed by atoms with Crippen LogP contribution in [-0.2, 0) is 49.7 Å². The second-order valence-electron chi connectivity index (χ2n) is 28.5. The zero-order valence-electron chi connectivity index (χ0n) is 46.0. The molecule has 3 heterocycles. The molecule has 4 heteroatoms. The summed E-state index contributed by atoms with van der Waals surface area (Å²) in [7, 11) is 0. The number of hydrogen-bond donors (Lipinski definition) is 0. The van der Waals surface area contributed by atoms with Crippen LogP contribution in [-0.4, -0.2) is 6.71 Å². The number of rotatable bonds is 4. The molecule has 69 heavy (non-hydrogen) atoms. The van der Waals surface area contributed by atoms with Gasteiger partial charge in [-0.3, -0.25) is 0 Å². The Morgan fingerprint density at radius 1 is 0.507 bits per heavy atom. The highest BCUT2D eigenvalue weighted by molar-refractivity contribution is 7.28. The molecule has 4 aliphatic carbocycles. The molecule has 0 atom stereocenters. The number of fused-ring (bicyclic) bond motifs is 9. The zero-order chi connectivity index (χ0) is 49.6. The molecule has 0 N–H and O–H groups in total. The fraction of sp³-hybridized carbons (Fsp3) is 0.538. The van der Waals surface area contributed by atoms with Crippen LogP contribution >= 0.6 is 11.3 Å². The normalized spacial score (nSPS) is 22.5. The van der Waals surface area contributed by atoms with Crippen LogP contribution in [0.15, 0.2) is 65.1 Å². The van der Waals surface area contributed by atoms with Crippen LogP contribution in [0.1, 0.15) is 228 Å².